The quantitative estimate of drug-likeness (QED) is 0.172. The van der Waals surface area contributed by atoms with Crippen molar-refractivity contribution in [2.24, 2.45) is 0 Å². The summed E-state index contributed by atoms with van der Waals surface area (Å²) in [6.45, 7) is 0. The third-order valence-electron chi connectivity index (χ3n) is 11.0. The zero-order valence-corrected chi connectivity index (χ0v) is 29.9. The molecule has 0 fully saturated rings. The molecular weight excluding hydrogens is 669 g/mol. The van der Waals surface area contributed by atoms with Crippen LogP contribution in [0.25, 0.3) is 82.5 Å². The lowest BCUT2D eigenvalue weighted by molar-refractivity contribution is 0.670. The van der Waals surface area contributed by atoms with Crippen LogP contribution in [0.5, 0.6) is 0 Å². The van der Waals surface area contributed by atoms with Crippen molar-refractivity contribution in [3.05, 3.63) is 206 Å². The summed E-state index contributed by atoms with van der Waals surface area (Å²) in [5.74, 6) is 0. The summed E-state index contributed by atoms with van der Waals surface area (Å²) in [7, 11) is 0. The fourth-order valence-electron chi connectivity index (χ4n) is 8.57. The molecule has 0 N–H and O–H groups in total. The highest BCUT2D eigenvalue weighted by molar-refractivity contribution is 6.13. The second-order valence-electron chi connectivity index (χ2n) is 14.1. The van der Waals surface area contributed by atoms with Gasteiger partial charge in [-0.25, -0.2) is 0 Å². The van der Waals surface area contributed by atoms with E-state index < -0.39 is 0 Å². The number of furan rings is 1. The Morgan fingerprint density at radius 3 is 1.76 bits per heavy atom. The van der Waals surface area contributed by atoms with Gasteiger partial charge >= 0.3 is 0 Å². The molecular formula is C52H34N2O. The molecule has 0 saturated heterocycles. The van der Waals surface area contributed by atoms with Gasteiger partial charge in [0, 0.05) is 49.6 Å². The summed E-state index contributed by atoms with van der Waals surface area (Å²) >= 11 is 0. The number of fused-ring (bicyclic) bond motifs is 7. The average molecular weight is 703 g/mol. The molecule has 0 spiro atoms. The van der Waals surface area contributed by atoms with Crippen LogP contribution in [-0.2, 0) is 0 Å². The van der Waals surface area contributed by atoms with Crippen LogP contribution in [-0.4, -0.2) is 4.57 Å². The fourth-order valence-corrected chi connectivity index (χ4v) is 8.57. The summed E-state index contributed by atoms with van der Waals surface area (Å²) in [4.78, 5) is 2.44. The van der Waals surface area contributed by atoms with Gasteiger partial charge < -0.3 is 13.9 Å². The van der Waals surface area contributed by atoms with Crippen LogP contribution in [0.3, 0.4) is 0 Å². The van der Waals surface area contributed by atoms with Gasteiger partial charge in [0.2, 0.25) is 0 Å². The van der Waals surface area contributed by atoms with E-state index in [0.717, 1.165) is 66.9 Å². The molecule has 9 aromatic carbocycles. The van der Waals surface area contributed by atoms with Crippen LogP contribution < -0.4 is 4.90 Å². The van der Waals surface area contributed by atoms with Crippen molar-refractivity contribution in [1.29, 1.82) is 0 Å². The van der Waals surface area contributed by atoms with E-state index in [1.807, 2.05) is 6.07 Å². The lowest BCUT2D eigenvalue weighted by Gasteiger charge is -2.30. The van der Waals surface area contributed by atoms with Gasteiger partial charge in [-0.3, -0.25) is 0 Å². The van der Waals surface area contributed by atoms with Gasteiger partial charge in [-0.15, -0.1) is 0 Å². The third kappa shape index (κ3) is 4.98. The molecule has 0 atom stereocenters. The Balaban J connectivity index is 1.22. The summed E-state index contributed by atoms with van der Waals surface area (Å²) < 4.78 is 9.05. The lowest BCUT2D eigenvalue weighted by Crippen LogP contribution is -2.12. The van der Waals surface area contributed by atoms with E-state index in [4.69, 9.17) is 4.42 Å². The Kier molecular flexibility index (Phi) is 7.17. The van der Waals surface area contributed by atoms with Crippen LogP contribution in [0.1, 0.15) is 0 Å². The predicted octanol–water partition coefficient (Wildman–Crippen LogP) is 14.6. The minimum absolute atomic E-state index is 0.887. The topological polar surface area (TPSA) is 21.3 Å². The largest absolute Gasteiger partial charge is 0.455 e. The number of para-hydroxylation sites is 6. The fraction of sp³-hybridized carbons (Fsp3) is 0. The SMILES string of the molecule is c1ccc(-n2c3ccccc3c3ccc(N(c4ccccc4-c4cccc5ccccc45)c4ccccc4-c4cccc5c4oc4ccccc45)cc32)cc1. The standard InChI is InChI=1S/C52H34N2O/c1-2-18-36(19-3-1)53-48-29-11-7-22-41(48)43-33-32-37(34-50(43)53)54(47-28-10-6-21-40(47)39-25-14-17-35-16-4-5-20-38(35)39)49-30-12-8-23-42(49)45-26-15-27-46-44-24-9-13-31-51(44)55-52(45)46/h1-34H. The third-order valence-corrected chi connectivity index (χ3v) is 11.0. The Morgan fingerprint density at radius 1 is 0.364 bits per heavy atom. The van der Waals surface area contributed by atoms with Crippen molar-refractivity contribution in [2.75, 3.05) is 4.90 Å². The molecule has 258 valence electrons. The highest BCUT2D eigenvalue weighted by Crippen LogP contribution is 2.48. The lowest BCUT2D eigenvalue weighted by atomic mass is 9.95. The summed E-state index contributed by atoms with van der Waals surface area (Å²) in [6.07, 6.45) is 0. The summed E-state index contributed by atoms with van der Waals surface area (Å²) in [5, 5.41) is 7.11. The van der Waals surface area contributed by atoms with Gasteiger partial charge in [0.25, 0.3) is 0 Å². The monoisotopic (exact) mass is 702 g/mol. The van der Waals surface area contributed by atoms with Gasteiger partial charge in [0.1, 0.15) is 11.2 Å². The van der Waals surface area contributed by atoms with Gasteiger partial charge in [0.05, 0.1) is 22.4 Å². The van der Waals surface area contributed by atoms with E-state index in [1.54, 1.807) is 0 Å². The Morgan fingerprint density at radius 2 is 0.927 bits per heavy atom. The molecule has 11 rings (SSSR count). The highest BCUT2D eigenvalue weighted by Gasteiger charge is 2.24. The zero-order chi connectivity index (χ0) is 36.3. The molecule has 0 aliphatic heterocycles. The van der Waals surface area contributed by atoms with Crippen molar-refractivity contribution < 1.29 is 4.42 Å². The number of rotatable bonds is 6. The number of hydrogen-bond acceptors (Lipinski definition) is 2. The molecule has 0 saturated carbocycles. The molecule has 0 unspecified atom stereocenters. The maximum Gasteiger partial charge on any atom is 0.143 e. The number of hydrogen-bond donors (Lipinski definition) is 0. The van der Waals surface area contributed by atoms with Crippen molar-refractivity contribution in [3.63, 3.8) is 0 Å². The van der Waals surface area contributed by atoms with Crippen LogP contribution in [0.15, 0.2) is 211 Å². The molecule has 0 radical (unpaired) electrons. The minimum atomic E-state index is 0.887. The van der Waals surface area contributed by atoms with Crippen LogP contribution in [0.4, 0.5) is 17.1 Å². The molecule has 2 aromatic heterocycles. The van der Waals surface area contributed by atoms with Gasteiger partial charge in [-0.05, 0) is 64.9 Å². The van der Waals surface area contributed by atoms with Crippen molar-refractivity contribution >= 4 is 71.6 Å². The van der Waals surface area contributed by atoms with E-state index in [-0.39, 0.29) is 0 Å². The second kappa shape index (κ2) is 12.6. The van der Waals surface area contributed by atoms with Gasteiger partial charge in [-0.1, -0.05) is 158 Å². The predicted molar refractivity (Wildman–Crippen MR) is 231 cm³/mol. The first-order valence-electron chi connectivity index (χ1n) is 18.8. The van der Waals surface area contributed by atoms with E-state index in [0.29, 0.717) is 0 Å². The van der Waals surface area contributed by atoms with E-state index in [9.17, 15) is 0 Å². The Labute approximate surface area is 318 Å². The molecule has 2 heterocycles. The van der Waals surface area contributed by atoms with Gasteiger partial charge in [0.15, 0.2) is 0 Å². The van der Waals surface area contributed by atoms with Gasteiger partial charge in [-0.2, -0.15) is 0 Å². The smallest absolute Gasteiger partial charge is 0.143 e. The molecule has 0 aliphatic rings. The minimum Gasteiger partial charge on any atom is -0.455 e. The van der Waals surface area contributed by atoms with E-state index in [2.05, 4.69) is 210 Å². The maximum atomic E-state index is 6.66. The zero-order valence-electron chi connectivity index (χ0n) is 29.9. The second-order valence-corrected chi connectivity index (χ2v) is 14.1. The Hall–Kier alpha value is -7.36. The maximum absolute atomic E-state index is 6.66. The van der Waals surface area contributed by atoms with Crippen molar-refractivity contribution in [3.8, 4) is 27.9 Å². The van der Waals surface area contributed by atoms with Crippen molar-refractivity contribution in [1.82, 2.24) is 4.57 Å². The molecule has 3 nitrogen and oxygen atoms in total. The molecule has 0 aliphatic carbocycles. The molecule has 0 bridgehead atoms. The molecule has 11 aromatic rings. The number of nitrogens with zero attached hydrogens (tertiary/aromatic N) is 2. The van der Waals surface area contributed by atoms with Crippen LogP contribution in [0, 0.1) is 0 Å². The van der Waals surface area contributed by atoms with Crippen LogP contribution in [0.2, 0.25) is 0 Å². The van der Waals surface area contributed by atoms with E-state index in [1.165, 1.54) is 32.6 Å². The first-order valence-corrected chi connectivity index (χ1v) is 18.8. The molecule has 0 amide bonds. The number of anilines is 3. The normalized spacial score (nSPS) is 11.6. The summed E-state index contributed by atoms with van der Waals surface area (Å²) in [6, 6.07) is 74.0. The van der Waals surface area contributed by atoms with E-state index >= 15 is 0 Å². The number of aromatic nitrogens is 1. The summed E-state index contributed by atoms with van der Waals surface area (Å²) in [5.41, 5.74) is 12.9. The molecule has 3 heteroatoms. The highest BCUT2D eigenvalue weighted by atomic mass is 16.3. The van der Waals surface area contributed by atoms with Crippen molar-refractivity contribution in [2.45, 2.75) is 0 Å². The number of benzene rings is 9. The Bertz CT molecular complexity index is 3220. The first-order chi connectivity index (χ1) is 27.3. The first kappa shape index (κ1) is 31.2. The van der Waals surface area contributed by atoms with Crippen LogP contribution >= 0.6 is 0 Å². The molecule has 55 heavy (non-hydrogen) atoms. The average Bonchev–Trinajstić information content (AvgIpc) is 3.80.